The molecule has 178 valence electrons. The zero-order chi connectivity index (χ0) is 25.2. The monoisotopic (exact) mass is 489 g/mol. The van der Waals surface area contributed by atoms with Gasteiger partial charge in [0.1, 0.15) is 5.56 Å². The lowest BCUT2D eigenvalue weighted by atomic mass is 10.1. The largest absolute Gasteiger partial charge is 0.423 e. The minimum atomic E-state index is -5.10. The number of nitrogens with one attached hydrogen (secondary N) is 2. The average Bonchev–Trinajstić information content (AvgIpc) is 2.66. The molecule has 0 bridgehead atoms. The number of nitrogens with zero attached hydrogens (tertiary/aromatic N) is 1. The second-order valence-corrected chi connectivity index (χ2v) is 9.17. The number of carbonyl (C=O) groups is 2. The van der Waals surface area contributed by atoms with Gasteiger partial charge >= 0.3 is 6.18 Å². The van der Waals surface area contributed by atoms with E-state index in [4.69, 9.17) is 0 Å². The number of hydrogen-bond acceptors (Lipinski definition) is 7. The van der Waals surface area contributed by atoms with Crippen molar-refractivity contribution >= 4 is 38.7 Å². The van der Waals surface area contributed by atoms with Crippen LogP contribution in [0.5, 0.6) is 0 Å². The quantitative estimate of drug-likeness (QED) is 0.399. The number of anilines is 2. The third kappa shape index (κ3) is 6.49. The molecule has 0 aliphatic carbocycles. The standard InChI is InChI=1S/C19H18F3N3O7S/c1-11(26)23-12-3-6-14(7-4-12)33(31,32)10-18(2,28)17(27)24-13-5-8-16(25(29)30)15(9-13)19(20,21)22/h3-9,28H,10H2,1-2H3,(H,23,26)(H,24,27)/t18-/m1/s1. The van der Waals surface area contributed by atoms with Crippen LogP contribution in [0.2, 0.25) is 0 Å². The fraction of sp³-hybridized carbons (Fsp3) is 0.263. The van der Waals surface area contributed by atoms with Crippen LogP contribution in [0, 0.1) is 10.1 Å². The minimum Gasteiger partial charge on any atom is -0.379 e. The summed E-state index contributed by atoms with van der Waals surface area (Å²) >= 11 is 0. The molecule has 1 atom stereocenters. The summed E-state index contributed by atoms with van der Waals surface area (Å²) in [7, 11) is -4.24. The maximum absolute atomic E-state index is 13.1. The number of nitro groups is 1. The number of amides is 2. The predicted octanol–water partition coefficient (Wildman–Crippen LogP) is 2.74. The predicted molar refractivity (Wildman–Crippen MR) is 110 cm³/mol. The van der Waals surface area contributed by atoms with E-state index in [1.54, 1.807) is 0 Å². The Kier molecular flexibility index (Phi) is 7.14. The number of halogens is 3. The lowest BCUT2D eigenvalue weighted by molar-refractivity contribution is -0.388. The van der Waals surface area contributed by atoms with E-state index in [-0.39, 0.29) is 10.8 Å². The van der Waals surface area contributed by atoms with E-state index in [1.165, 1.54) is 19.1 Å². The van der Waals surface area contributed by atoms with Gasteiger partial charge in [-0.2, -0.15) is 13.2 Å². The minimum absolute atomic E-state index is 0.278. The molecule has 0 radical (unpaired) electrons. The van der Waals surface area contributed by atoms with Crippen molar-refractivity contribution in [2.45, 2.75) is 30.5 Å². The van der Waals surface area contributed by atoms with E-state index in [1.807, 2.05) is 5.32 Å². The Morgan fingerprint density at radius 1 is 1.06 bits per heavy atom. The first-order chi connectivity index (χ1) is 15.0. The molecule has 0 spiro atoms. The summed E-state index contributed by atoms with van der Waals surface area (Å²) in [6, 6.07) is 6.51. The molecule has 0 aliphatic rings. The molecule has 2 rings (SSSR count). The molecule has 3 N–H and O–H groups in total. The van der Waals surface area contributed by atoms with Gasteiger partial charge in [0.25, 0.3) is 11.6 Å². The van der Waals surface area contributed by atoms with E-state index in [9.17, 15) is 46.4 Å². The fourth-order valence-corrected chi connectivity index (χ4v) is 4.32. The fourth-order valence-electron chi connectivity index (χ4n) is 2.73. The normalized spacial score (nSPS) is 13.6. The number of rotatable bonds is 7. The van der Waals surface area contributed by atoms with Crippen molar-refractivity contribution in [3.63, 3.8) is 0 Å². The number of carbonyl (C=O) groups excluding carboxylic acids is 2. The molecule has 2 aromatic rings. The molecule has 0 saturated heterocycles. The molecule has 0 heterocycles. The summed E-state index contributed by atoms with van der Waals surface area (Å²) in [5.41, 5.74) is -5.66. The Balaban J connectivity index is 2.24. The van der Waals surface area contributed by atoms with E-state index < -0.39 is 55.1 Å². The first kappa shape index (κ1) is 25.7. The van der Waals surface area contributed by atoms with Crippen LogP contribution in [-0.4, -0.2) is 41.6 Å². The number of nitro benzene ring substituents is 1. The van der Waals surface area contributed by atoms with Gasteiger partial charge < -0.3 is 15.7 Å². The van der Waals surface area contributed by atoms with Crippen molar-refractivity contribution in [3.05, 3.63) is 58.1 Å². The van der Waals surface area contributed by atoms with Crippen molar-refractivity contribution < 1.29 is 41.2 Å². The summed E-state index contributed by atoms with van der Waals surface area (Å²) in [4.78, 5) is 32.7. The van der Waals surface area contributed by atoms with Crippen molar-refractivity contribution in [3.8, 4) is 0 Å². The number of benzene rings is 2. The highest BCUT2D eigenvalue weighted by molar-refractivity contribution is 7.91. The van der Waals surface area contributed by atoms with Gasteiger partial charge in [0, 0.05) is 24.4 Å². The van der Waals surface area contributed by atoms with Gasteiger partial charge in [0.15, 0.2) is 15.4 Å². The van der Waals surface area contributed by atoms with Gasteiger partial charge in [-0.1, -0.05) is 0 Å². The molecule has 2 amide bonds. The highest BCUT2D eigenvalue weighted by Crippen LogP contribution is 2.37. The Labute approximate surface area is 185 Å². The van der Waals surface area contributed by atoms with Crippen molar-refractivity contribution in [1.29, 1.82) is 0 Å². The summed E-state index contributed by atoms with van der Waals surface area (Å²) in [6.45, 7) is 2.10. The highest BCUT2D eigenvalue weighted by Gasteiger charge is 2.40. The van der Waals surface area contributed by atoms with Crippen LogP contribution in [0.3, 0.4) is 0 Å². The third-order valence-corrected chi connectivity index (χ3v) is 6.18. The van der Waals surface area contributed by atoms with Gasteiger partial charge in [0.05, 0.1) is 15.6 Å². The Hall–Kier alpha value is -3.52. The Bertz CT molecular complexity index is 1190. The first-order valence-corrected chi connectivity index (χ1v) is 10.7. The van der Waals surface area contributed by atoms with Crippen LogP contribution < -0.4 is 10.6 Å². The summed E-state index contributed by atoms with van der Waals surface area (Å²) < 4.78 is 64.5. The molecule has 0 saturated carbocycles. The van der Waals surface area contributed by atoms with Gasteiger partial charge in [-0.15, -0.1) is 0 Å². The van der Waals surface area contributed by atoms with Crippen LogP contribution in [0.1, 0.15) is 19.4 Å². The second-order valence-electron chi connectivity index (χ2n) is 7.18. The number of aliphatic hydroxyl groups is 1. The topological polar surface area (TPSA) is 156 Å². The summed E-state index contributed by atoms with van der Waals surface area (Å²) in [6.07, 6.45) is -5.10. The van der Waals surface area contributed by atoms with E-state index in [0.29, 0.717) is 17.8 Å². The van der Waals surface area contributed by atoms with Gasteiger partial charge in [-0.3, -0.25) is 19.7 Å². The molecule has 14 heteroatoms. The number of hydrogen-bond donors (Lipinski definition) is 3. The maximum Gasteiger partial charge on any atom is 0.423 e. The lowest BCUT2D eigenvalue weighted by Gasteiger charge is -2.22. The molecular weight excluding hydrogens is 471 g/mol. The Morgan fingerprint density at radius 3 is 2.09 bits per heavy atom. The molecule has 33 heavy (non-hydrogen) atoms. The average molecular weight is 489 g/mol. The molecule has 2 aromatic carbocycles. The SMILES string of the molecule is CC(=O)Nc1ccc(S(=O)(=O)C[C@@](C)(O)C(=O)Nc2ccc([N+](=O)[O-])c(C(F)(F)F)c2)cc1. The first-order valence-electron chi connectivity index (χ1n) is 9.03. The molecule has 0 unspecified atom stereocenters. The summed E-state index contributed by atoms with van der Waals surface area (Å²) in [5, 5.41) is 25.6. The number of sulfone groups is 1. The van der Waals surface area contributed by atoms with Crippen molar-refractivity contribution in [2.75, 3.05) is 16.4 Å². The van der Waals surface area contributed by atoms with E-state index in [2.05, 4.69) is 5.32 Å². The highest BCUT2D eigenvalue weighted by atomic mass is 32.2. The van der Waals surface area contributed by atoms with Crippen molar-refractivity contribution in [2.24, 2.45) is 0 Å². The van der Waals surface area contributed by atoms with Crippen molar-refractivity contribution in [1.82, 2.24) is 0 Å². The third-order valence-electron chi connectivity index (χ3n) is 4.25. The molecular formula is C19H18F3N3O7S. The second kappa shape index (κ2) is 9.15. The Morgan fingerprint density at radius 2 is 1.61 bits per heavy atom. The molecule has 0 fully saturated rings. The van der Waals surface area contributed by atoms with Gasteiger partial charge in [0.2, 0.25) is 5.91 Å². The zero-order valence-electron chi connectivity index (χ0n) is 17.1. The zero-order valence-corrected chi connectivity index (χ0v) is 18.0. The molecule has 0 aromatic heterocycles. The van der Waals surface area contributed by atoms with E-state index >= 15 is 0 Å². The van der Waals surface area contributed by atoms with Crippen LogP contribution in [0.25, 0.3) is 0 Å². The van der Waals surface area contributed by atoms with Gasteiger partial charge in [-0.25, -0.2) is 8.42 Å². The smallest absolute Gasteiger partial charge is 0.379 e. The summed E-state index contributed by atoms with van der Waals surface area (Å²) in [5.74, 6) is -2.85. The maximum atomic E-state index is 13.1. The van der Waals surface area contributed by atoms with E-state index in [0.717, 1.165) is 25.1 Å². The molecule has 0 aliphatic heterocycles. The molecule has 10 nitrogen and oxygen atoms in total. The van der Waals surface area contributed by atoms with Crippen LogP contribution >= 0.6 is 0 Å². The van der Waals surface area contributed by atoms with Gasteiger partial charge in [-0.05, 0) is 43.3 Å². The number of alkyl halides is 3. The van der Waals surface area contributed by atoms with Crippen LogP contribution in [0.4, 0.5) is 30.2 Å². The van der Waals surface area contributed by atoms with Crippen LogP contribution in [0.15, 0.2) is 47.4 Å². The van der Waals surface area contributed by atoms with Crippen LogP contribution in [-0.2, 0) is 25.6 Å². The lowest BCUT2D eigenvalue weighted by Crippen LogP contribution is -2.45.